The molecule has 2 aromatic carbocycles. The lowest BCUT2D eigenvalue weighted by Crippen LogP contribution is -2.33. The van der Waals surface area contributed by atoms with E-state index in [2.05, 4.69) is 4.90 Å². The van der Waals surface area contributed by atoms with Crippen molar-refractivity contribution in [3.8, 4) is 5.75 Å². The molecule has 0 atom stereocenters. The van der Waals surface area contributed by atoms with Crippen LogP contribution in [0, 0.1) is 6.92 Å². The lowest BCUT2D eigenvalue weighted by molar-refractivity contribution is 0.0986. The highest BCUT2D eigenvalue weighted by molar-refractivity contribution is 7.22. The number of fused-ring (bicyclic) bond motifs is 1. The van der Waals surface area contributed by atoms with Gasteiger partial charge in [0.1, 0.15) is 5.75 Å². The van der Waals surface area contributed by atoms with Gasteiger partial charge in [0.05, 0.1) is 17.3 Å². The average Bonchev–Trinajstić information content (AvgIpc) is 3.07. The van der Waals surface area contributed by atoms with Crippen LogP contribution in [0.1, 0.15) is 22.3 Å². The van der Waals surface area contributed by atoms with E-state index < -0.39 is 0 Å². The molecule has 0 bridgehead atoms. The van der Waals surface area contributed by atoms with Crippen LogP contribution in [0.2, 0.25) is 0 Å². The van der Waals surface area contributed by atoms with Gasteiger partial charge in [0.25, 0.3) is 5.91 Å². The average molecular weight is 384 g/mol. The summed E-state index contributed by atoms with van der Waals surface area (Å²) < 4.78 is 6.32. The summed E-state index contributed by atoms with van der Waals surface area (Å²) >= 11 is 1.52. The van der Waals surface area contributed by atoms with E-state index >= 15 is 0 Å². The molecule has 6 heteroatoms. The van der Waals surface area contributed by atoms with Crippen LogP contribution in [-0.2, 0) is 0 Å². The van der Waals surface area contributed by atoms with Crippen molar-refractivity contribution in [3.05, 3.63) is 53.6 Å². The van der Waals surface area contributed by atoms with E-state index in [1.54, 1.807) is 12.0 Å². The minimum Gasteiger partial charge on any atom is -0.497 e. The number of carbonyl (C=O) groups is 1. The third-order valence-electron chi connectivity index (χ3n) is 4.35. The van der Waals surface area contributed by atoms with Gasteiger partial charge in [-0.05, 0) is 64.3 Å². The van der Waals surface area contributed by atoms with Crippen molar-refractivity contribution in [1.29, 1.82) is 0 Å². The maximum atomic E-state index is 13.2. The number of anilines is 1. The second kappa shape index (κ2) is 8.50. The molecule has 0 fully saturated rings. The molecule has 0 aliphatic heterocycles. The molecule has 0 aliphatic carbocycles. The molecule has 142 valence electrons. The molecule has 0 unspecified atom stereocenters. The minimum absolute atomic E-state index is 0.0141. The SMILES string of the molecule is COc1ccc2nc(N(CCCN(C)C)C(=O)c3ccc(C)cc3)sc2c1. The highest BCUT2D eigenvalue weighted by Gasteiger charge is 2.21. The Morgan fingerprint density at radius 2 is 1.85 bits per heavy atom. The maximum absolute atomic E-state index is 13.2. The van der Waals surface area contributed by atoms with E-state index in [-0.39, 0.29) is 5.91 Å². The van der Waals surface area contributed by atoms with Crippen molar-refractivity contribution >= 4 is 32.6 Å². The number of carbonyl (C=O) groups excluding carboxylic acids is 1. The van der Waals surface area contributed by atoms with Crippen molar-refractivity contribution in [2.75, 3.05) is 39.2 Å². The predicted octanol–water partition coefficient (Wildman–Crippen LogP) is 4.21. The summed E-state index contributed by atoms with van der Waals surface area (Å²) in [6, 6.07) is 13.5. The first-order valence-corrected chi connectivity index (χ1v) is 9.77. The van der Waals surface area contributed by atoms with Gasteiger partial charge in [-0.25, -0.2) is 4.98 Å². The summed E-state index contributed by atoms with van der Waals surface area (Å²) in [7, 11) is 5.73. The van der Waals surface area contributed by atoms with Gasteiger partial charge in [-0.1, -0.05) is 29.0 Å². The molecule has 3 aromatic rings. The normalized spacial score (nSPS) is 11.1. The van der Waals surface area contributed by atoms with Crippen LogP contribution in [-0.4, -0.2) is 50.1 Å². The molecule has 1 amide bonds. The number of methoxy groups -OCH3 is 1. The lowest BCUT2D eigenvalue weighted by atomic mass is 10.1. The van der Waals surface area contributed by atoms with Crippen molar-refractivity contribution < 1.29 is 9.53 Å². The van der Waals surface area contributed by atoms with Crippen LogP contribution >= 0.6 is 11.3 Å². The van der Waals surface area contributed by atoms with Crippen LogP contribution in [0.25, 0.3) is 10.2 Å². The first kappa shape index (κ1) is 19.3. The molecule has 0 N–H and O–H groups in total. The Kier molecular flexibility index (Phi) is 6.08. The third-order valence-corrected chi connectivity index (χ3v) is 5.39. The number of aryl methyl sites for hydroxylation is 1. The van der Waals surface area contributed by atoms with Crippen LogP contribution in [0.3, 0.4) is 0 Å². The van der Waals surface area contributed by atoms with E-state index in [0.29, 0.717) is 12.1 Å². The first-order chi connectivity index (χ1) is 13.0. The van der Waals surface area contributed by atoms with Crippen molar-refractivity contribution in [2.45, 2.75) is 13.3 Å². The summed E-state index contributed by atoms with van der Waals surface area (Å²) in [4.78, 5) is 21.8. The molecule has 5 nitrogen and oxygen atoms in total. The van der Waals surface area contributed by atoms with Crippen LogP contribution in [0.5, 0.6) is 5.75 Å². The monoisotopic (exact) mass is 383 g/mol. The molecule has 1 heterocycles. The second-order valence-electron chi connectivity index (χ2n) is 6.81. The summed E-state index contributed by atoms with van der Waals surface area (Å²) in [5, 5.41) is 0.725. The van der Waals surface area contributed by atoms with Gasteiger partial charge in [0.2, 0.25) is 0 Å². The number of hydrogen-bond acceptors (Lipinski definition) is 5. The summed E-state index contributed by atoms with van der Waals surface area (Å²) in [6.45, 7) is 3.56. The number of aromatic nitrogens is 1. The quantitative estimate of drug-likeness (QED) is 0.613. The third kappa shape index (κ3) is 4.64. The highest BCUT2D eigenvalue weighted by atomic mass is 32.1. The standard InChI is InChI=1S/C21H25N3O2S/c1-15-6-8-16(9-7-15)20(25)24(13-5-12-23(2)3)21-22-18-11-10-17(26-4)14-19(18)27-21/h6-11,14H,5,12-13H2,1-4H3. The second-order valence-corrected chi connectivity index (χ2v) is 7.82. The number of thiazole rings is 1. The van der Waals surface area contributed by atoms with E-state index in [4.69, 9.17) is 9.72 Å². The Balaban J connectivity index is 1.93. The van der Waals surface area contributed by atoms with E-state index in [1.165, 1.54) is 11.3 Å². The van der Waals surface area contributed by atoms with E-state index in [1.807, 2.05) is 63.5 Å². The molecule has 3 rings (SSSR count). The van der Waals surface area contributed by atoms with Crippen molar-refractivity contribution in [1.82, 2.24) is 9.88 Å². The Morgan fingerprint density at radius 3 is 2.52 bits per heavy atom. The highest BCUT2D eigenvalue weighted by Crippen LogP contribution is 2.32. The Labute approximate surface area is 164 Å². The van der Waals surface area contributed by atoms with E-state index in [9.17, 15) is 4.79 Å². The predicted molar refractivity (Wildman–Crippen MR) is 112 cm³/mol. The lowest BCUT2D eigenvalue weighted by Gasteiger charge is -2.21. The molecule has 0 saturated heterocycles. The largest absolute Gasteiger partial charge is 0.497 e. The summed E-state index contributed by atoms with van der Waals surface area (Å²) in [5.74, 6) is 0.779. The van der Waals surface area contributed by atoms with Gasteiger partial charge in [-0.2, -0.15) is 0 Å². The molecule has 27 heavy (non-hydrogen) atoms. The molecule has 0 radical (unpaired) electrons. The zero-order valence-corrected chi connectivity index (χ0v) is 17.0. The summed E-state index contributed by atoms with van der Waals surface area (Å²) in [6.07, 6.45) is 0.879. The molecule has 0 spiro atoms. The van der Waals surface area contributed by atoms with E-state index in [0.717, 1.165) is 39.6 Å². The molecule has 0 saturated carbocycles. The minimum atomic E-state index is -0.0141. The molecular weight excluding hydrogens is 358 g/mol. The molecular formula is C21H25N3O2S. The van der Waals surface area contributed by atoms with Crippen molar-refractivity contribution in [3.63, 3.8) is 0 Å². The van der Waals surface area contributed by atoms with Crippen LogP contribution in [0.4, 0.5) is 5.13 Å². The number of hydrogen-bond donors (Lipinski definition) is 0. The number of benzene rings is 2. The topological polar surface area (TPSA) is 45.7 Å². The van der Waals surface area contributed by atoms with Gasteiger partial charge in [-0.15, -0.1) is 0 Å². The molecule has 1 aromatic heterocycles. The smallest absolute Gasteiger partial charge is 0.260 e. The number of amides is 1. The zero-order chi connectivity index (χ0) is 19.4. The number of nitrogens with zero attached hydrogens (tertiary/aromatic N) is 3. The van der Waals surface area contributed by atoms with Gasteiger partial charge < -0.3 is 9.64 Å². The summed E-state index contributed by atoms with van der Waals surface area (Å²) in [5.41, 5.74) is 2.70. The number of ether oxygens (including phenoxy) is 1. The zero-order valence-electron chi connectivity index (χ0n) is 16.2. The van der Waals surface area contributed by atoms with Gasteiger partial charge >= 0.3 is 0 Å². The fourth-order valence-corrected chi connectivity index (χ4v) is 3.83. The fraction of sp³-hybridized carbons (Fsp3) is 0.333. The Hall–Kier alpha value is -2.44. The van der Waals surface area contributed by atoms with Crippen molar-refractivity contribution in [2.24, 2.45) is 0 Å². The fourth-order valence-electron chi connectivity index (χ4n) is 2.82. The number of rotatable bonds is 7. The Bertz CT molecular complexity index is 919. The van der Waals surface area contributed by atoms with Crippen LogP contribution < -0.4 is 9.64 Å². The Morgan fingerprint density at radius 1 is 1.11 bits per heavy atom. The van der Waals surface area contributed by atoms with Gasteiger partial charge in [0.15, 0.2) is 5.13 Å². The van der Waals surface area contributed by atoms with Gasteiger partial charge in [0, 0.05) is 12.1 Å². The molecule has 0 aliphatic rings. The van der Waals surface area contributed by atoms with Crippen LogP contribution in [0.15, 0.2) is 42.5 Å². The maximum Gasteiger partial charge on any atom is 0.260 e. The van der Waals surface area contributed by atoms with Gasteiger partial charge in [-0.3, -0.25) is 9.69 Å². The first-order valence-electron chi connectivity index (χ1n) is 8.96.